The summed E-state index contributed by atoms with van der Waals surface area (Å²) in [4.78, 5) is 17.0. The minimum absolute atomic E-state index is 0.816. The predicted molar refractivity (Wildman–Crippen MR) is 124 cm³/mol. The van der Waals surface area contributed by atoms with E-state index in [1.165, 1.54) is 27.6 Å². The first kappa shape index (κ1) is 19.5. The molecule has 0 saturated carbocycles. The zero-order valence-electron chi connectivity index (χ0n) is 17.8. The maximum atomic E-state index is 5.37. The molecule has 0 atom stereocenters. The second kappa shape index (κ2) is 8.72. The number of nitrogens with one attached hydrogen (secondary N) is 1. The number of ether oxygens (including phenoxy) is 1. The van der Waals surface area contributed by atoms with Gasteiger partial charge < -0.3 is 9.72 Å². The number of H-pyrrole nitrogens is 1. The predicted octanol–water partition coefficient (Wildman–Crippen LogP) is 4.86. The van der Waals surface area contributed by atoms with Crippen LogP contribution in [0.3, 0.4) is 0 Å². The zero-order valence-corrected chi connectivity index (χ0v) is 17.8. The minimum Gasteiger partial charge on any atom is -0.497 e. The molecule has 156 valence electrons. The second-order valence-electron chi connectivity index (χ2n) is 8.05. The van der Waals surface area contributed by atoms with Crippen molar-refractivity contribution in [3.8, 4) is 5.75 Å². The molecule has 3 heterocycles. The molecule has 1 N–H and O–H groups in total. The molecule has 0 fully saturated rings. The van der Waals surface area contributed by atoms with Crippen LogP contribution in [-0.4, -0.2) is 28.3 Å². The number of aromatic nitrogens is 3. The van der Waals surface area contributed by atoms with Gasteiger partial charge >= 0.3 is 0 Å². The number of aryl methyl sites for hydroxylation is 4. The summed E-state index contributed by atoms with van der Waals surface area (Å²) >= 11 is 0. The van der Waals surface area contributed by atoms with Crippen molar-refractivity contribution in [3.63, 3.8) is 0 Å². The van der Waals surface area contributed by atoms with Gasteiger partial charge in [0.15, 0.2) is 0 Å². The van der Waals surface area contributed by atoms with Gasteiger partial charge in [0.25, 0.3) is 0 Å². The Morgan fingerprint density at radius 2 is 1.97 bits per heavy atom. The van der Waals surface area contributed by atoms with Crippen LogP contribution < -0.4 is 4.74 Å². The highest BCUT2D eigenvalue weighted by Gasteiger charge is 2.08. The highest BCUT2D eigenvalue weighted by Crippen LogP contribution is 2.24. The Balaban J connectivity index is 1.18. The van der Waals surface area contributed by atoms with Gasteiger partial charge in [0, 0.05) is 41.6 Å². The zero-order chi connectivity index (χ0) is 21.0. The Labute approximate surface area is 182 Å². The van der Waals surface area contributed by atoms with E-state index in [0.29, 0.717) is 0 Å². The number of aromatic amines is 1. The molecule has 31 heavy (non-hydrogen) atoms. The summed E-state index contributed by atoms with van der Waals surface area (Å²) in [6.07, 6.45) is 10.7. The molecule has 2 aromatic heterocycles. The van der Waals surface area contributed by atoms with Crippen LogP contribution in [0, 0.1) is 0 Å². The van der Waals surface area contributed by atoms with Gasteiger partial charge in [-0.2, -0.15) is 0 Å². The Hall–Kier alpha value is -3.47. The van der Waals surface area contributed by atoms with Crippen molar-refractivity contribution < 1.29 is 4.74 Å². The van der Waals surface area contributed by atoms with Gasteiger partial charge in [-0.05, 0) is 78.3 Å². The van der Waals surface area contributed by atoms with Crippen molar-refractivity contribution in [2.75, 3.05) is 7.11 Å². The monoisotopic (exact) mass is 410 g/mol. The van der Waals surface area contributed by atoms with Gasteiger partial charge in [-0.25, -0.2) is 9.97 Å². The summed E-state index contributed by atoms with van der Waals surface area (Å²) in [6.45, 7) is 0.816. The molecule has 2 aromatic carbocycles. The fourth-order valence-corrected chi connectivity index (χ4v) is 4.21. The number of rotatable bonds is 8. The fourth-order valence-electron chi connectivity index (χ4n) is 4.21. The quantitative estimate of drug-likeness (QED) is 0.451. The van der Waals surface area contributed by atoms with Gasteiger partial charge in [-0.3, -0.25) is 4.99 Å². The third-order valence-electron chi connectivity index (χ3n) is 5.96. The molecular formula is C26H26N4O. The van der Waals surface area contributed by atoms with Gasteiger partial charge in [-0.1, -0.05) is 12.1 Å². The van der Waals surface area contributed by atoms with E-state index in [4.69, 9.17) is 9.72 Å². The van der Waals surface area contributed by atoms with E-state index in [9.17, 15) is 0 Å². The van der Waals surface area contributed by atoms with E-state index < -0.39 is 0 Å². The van der Waals surface area contributed by atoms with E-state index in [2.05, 4.69) is 51.5 Å². The normalized spacial score (nSPS) is 12.4. The fraction of sp³-hybridized carbons (Fsp3) is 0.269. The number of fused-ring (bicyclic) bond motifs is 2. The number of hydrogen-bond acceptors (Lipinski definition) is 4. The largest absolute Gasteiger partial charge is 0.497 e. The number of hydrogen-bond donors (Lipinski definition) is 1. The van der Waals surface area contributed by atoms with E-state index in [-0.39, 0.29) is 0 Å². The topological polar surface area (TPSA) is 63.2 Å². The van der Waals surface area contributed by atoms with Crippen LogP contribution in [0.1, 0.15) is 40.2 Å². The van der Waals surface area contributed by atoms with E-state index in [0.717, 1.165) is 61.4 Å². The minimum atomic E-state index is 0.816. The van der Waals surface area contributed by atoms with E-state index in [1.807, 2.05) is 24.5 Å². The van der Waals surface area contributed by atoms with Gasteiger partial charge in [-0.15, -0.1) is 0 Å². The van der Waals surface area contributed by atoms with Crippen molar-refractivity contribution in [2.45, 2.75) is 38.6 Å². The van der Waals surface area contributed by atoms with Crippen LogP contribution in [-0.2, 0) is 32.2 Å². The molecule has 0 spiro atoms. The second-order valence-corrected chi connectivity index (χ2v) is 8.05. The summed E-state index contributed by atoms with van der Waals surface area (Å²) in [7, 11) is 1.70. The molecule has 0 radical (unpaired) electrons. The summed E-state index contributed by atoms with van der Waals surface area (Å²) < 4.78 is 5.37. The van der Waals surface area contributed by atoms with Gasteiger partial charge in [0.1, 0.15) is 11.6 Å². The first-order valence-electron chi connectivity index (χ1n) is 10.8. The Morgan fingerprint density at radius 1 is 1.00 bits per heavy atom. The van der Waals surface area contributed by atoms with E-state index in [1.54, 1.807) is 7.11 Å². The van der Waals surface area contributed by atoms with Crippen LogP contribution in [0.4, 0.5) is 0 Å². The lowest BCUT2D eigenvalue weighted by atomic mass is 10.0. The SMILES string of the molecule is COc1ccc2[nH]cc(CCCc3nccc(CCc4ccc5c(c4)C=NC5)n3)c2c1. The molecule has 1 aliphatic heterocycles. The molecule has 5 rings (SSSR count). The number of nitrogens with zero attached hydrogens (tertiary/aromatic N) is 3. The third-order valence-corrected chi connectivity index (χ3v) is 5.96. The maximum Gasteiger partial charge on any atom is 0.128 e. The molecule has 0 saturated heterocycles. The van der Waals surface area contributed by atoms with Crippen molar-refractivity contribution >= 4 is 17.1 Å². The summed E-state index contributed by atoms with van der Waals surface area (Å²) in [5.74, 6) is 1.82. The van der Waals surface area contributed by atoms with Crippen LogP contribution in [0.25, 0.3) is 10.9 Å². The maximum absolute atomic E-state index is 5.37. The number of benzene rings is 2. The van der Waals surface area contributed by atoms with Gasteiger partial charge in [0.2, 0.25) is 0 Å². The van der Waals surface area contributed by atoms with Crippen LogP contribution >= 0.6 is 0 Å². The highest BCUT2D eigenvalue weighted by atomic mass is 16.5. The molecule has 5 heteroatoms. The Morgan fingerprint density at radius 3 is 2.90 bits per heavy atom. The van der Waals surface area contributed by atoms with Crippen molar-refractivity contribution in [1.29, 1.82) is 0 Å². The molecule has 0 amide bonds. The highest BCUT2D eigenvalue weighted by molar-refractivity contribution is 5.85. The summed E-state index contributed by atoms with van der Waals surface area (Å²) in [5.41, 5.74) is 7.48. The molecule has 0 unspecified atom stereocenters. The summed E-state index contributed by atoms with van der Waals surface area (Å²) in [6, 6.07) is 14.9. The lowest BCUT2D eigenvalue weighted by Crippen LogP contribution is -2.02. The first-order valence-corrected chi connectivity index (χ1v) is 10.8. The Bertz CT molecular complexity index is 1240. The van der Waals surface area contributed by atoms with Crippen LogP contribution in [0.2, 0.25) is 0 Å². The Kier molecular flexibility index (Phi) is 5.48. The van der Waals surface area contributed by atoms with E-state index >= 15 is 0 Å². The molecule has 0 bridgehead atoms. The third kappa shape index (κ3) is 4.36. The molecule has 1 aliphatic rings. The number of methoxy groups -OCH3 is 1. The smallest absolute Gasteiger partial charge is 0.128 e. The lowest BCUT2D eigenvalue weighted by Gasteiger charge is -2.06. The summed E-state index contributed by atoms with van der Waals surface area (Å²) in [5, 5.41) is 1.23. The van der Waals surface area contributed by atoms with Crippen molar-refractivity contribution in [1.82, 2.24) is 15.0 Å². The average Bonchev–Trinajstić information content (AvgIpc) is 3.44. The molecular weight excluding hydrogens is 384 g/mol. The first-order chi connectivity index (χ1) is 15.3. The van der Waals surface area contributed by atoms with Crippen LogP contribution in [0.5, 0.6) is 5.75 Å². The molecule has 5 nitrogen and oxygen atoms in total. The van der Waals surface area contributed by atoms with Crippen LogP contribution in [0.15, 0.2) is 59.9 Å². The molecule has 4 aromatic rings. The van der Waals surface area contributed by atoms with Crippen molar-refractivity contribution in [2.24, 2.45) is 4.99 Å². The lowest BCUT2D eigenvalue weighted by molar-refractivity contribution is 0.415. The standard InChI is InChI=1S/C26H26N4O/c1-31-23-9-10-25-24(14-23)20(17-29-25)3-2-4-26-28-12-11-22(30-26)8-6-18-5-7-19-15-27-16-21(19)13-18/h5,7,9-14,16-17,29H,2-4,6,8,15H2,1H3. The van der Waals surface area contributed by atoms with Crippen molar-refractivity contribution in [3.05, 3.63) is 88.6 Å². The molecule has 0 aliphatic carbocycles. The average molecular weight is 411 g/mol. The van der Waals surface area contributed by atoms with Gasteiger partial charge in [0.05, 0.1) is 13.7 Å². The number of aliphatic imine (C=N–C) groups is 1.